The van der Waals surface area contributed by atoms with Gasteiger partial charge in [-0.2, -0.15) is 0 Å². The Labute approximate surface area is 155 Å². The first-order valence-electron chi connectivity index (χ1n) is 9.92. The molecule has 26 heavy (non-hydrogen) atoms. The summed E-state index contributed by atoms with van der Waals surface area (Å²) >= 11 is 0. The van der Waals surface area contributed by atoms with E-state index in [-0.39, 0.29) is 35.3 Å². The fourth-order valence-corrected chi connectivity index (χ4v) is 5.67. The molecule has 1 N–H and O–H groups in total. The van der Waals surface area contributed by atoms with Gasteiger partial charge >= 0.3 is 0 Å². The summed E-state index contributed by atoms with van der Waals surface area (Å²) in [6.07, 6.45) is 2.66. The van der Waals surface area contributed by atoms with Crippen LogP contribution in [-0.4, -0.2) is 96.8 Å². The van der Waals surface area contributed by atoms with Crippen LogP contribution in [0, 0.1) is 17.8 Å². The standard InChI is InChI=1S/C19H31N3O4/c1-20-18(25)15-11-21(7-8-26-2)12-16(15)19(20)3-5-22(6-4-19)17(24)13-9-14(23)10-13/h13-16,23H,3-12H2,1-2H3. The number of rotatable bonds is 4. The van der Waals surface area contributed by atoms with Crippen molar-refractivity contribution in [3.8, 4) is 0 Å². The van der Waals surface area contributed by atoms with E-state index in [1.165, 1.54) is 0 Å². The second-order valence-corrected chi connectivity index (χ2v) is 8.61. The molecule has 1 aliphatic carbocycles. The monoisotopic (exact) mass is 365 g/mol. The highest BCUT2D eigenvalue weighted by atomic mass is 16.5. The van der Waals surface area contributed by atoms with Crippen molar-refractivity contribution in [2.75, 3.05) is 53.5 Å². The fraction of sp³-hybridized carbons (Fsp3) is 0.895. The molecule has 4 fully saturated rings. The Morgan fingerprint density at radius 2 is 1.96 bits per heavy atom. The maximum absolute atomic E-state index is 12.9. The van der Waals surface area contributed by atoms with Gasteiger partial charge in [0, 0.05) is 58.7 Å². The van der Waals surface area contributed by atoms with E-state index in [2.05, 4.69) is 4.90 Å². The lowest BCUT2D eigenvalue weighted by atomic mass is 9.74. The second kappa shape index (κ2) is 6.77. The van der Waals surface area contributed by atoms with Crippen LogP contribution in [0.15, 0.2) is 0 Å². The zero-order valence-electron chi connectivity index (χ0n) is 15.9. The summed E-state index contributed by atoms with van der Waals surface area (Å²) in [5.74, 6) is 0.935. The average molecular weight is 365 g/mol. The van der Waals surface area contributed by atoms with Gasteiger partial charge in [-0.25, -0.2) is 0 Å². The number of fused-ring (bicyclic) bond motifs is 2. The van der Waals surface area contributed by atoms with Crippen molar-refractivity contribution in [3.63, 3.8) is 0 Å². The molecule has 1 saturated carbocycles. The minimum atomic E-state index is -0.295. The van der Waals surface area contributed by atoms with Crippen LogP contribution < -0.4 is 0 Å². The molecule has 2 unspecified atom stereocenters. The van der Waals surface area contributed by atoms with Gasteiger partial charge in [0.1, 0.15) is 0 Å². The molecule has 3 aliphatic heterocycles. The third-order valence-corrected chi connectivity index (χ3v) is 7.42. The number of aliphatic hydroxyl groups excluding tert-OH is 1. The maximum atomic E-state index is 12.9. The van der Waals surface area contributed by atoms with Crippen molar-refractivity contribution < 1.29 is 19.4 Å². The minimum Gasteiger partial charge on any atom is -0.393 e. The molecule has 1 spiro atoms. The van der Waals surface area contributed by atoms with Crippen LogP contribution >= 0.6 is 0 Å². The molecule has 2 atom stereocenters. The summed E-state index contributed by atoms with van der Waals surface area (Å²) in [6, 6.07) is 0. The third kappa shape index (κ3) is 2.75. The van der Waals surface area contributed by atoms with Gasteiger partial charge in [0.2, 0.25) is 11.8 Å². The van der Waals surface area contributed by atoms with Crippen molar-refractivity contribution in [2.45, 2.75) is 37.3 Å². The van der Waals surface area contributed by atoms with E-state index in [0.717, 1.165) is 45.6 Å². The average Bonchev–Trinajstić information content (AvgIpc) is 3.13. The van der Waals surface area contributed by atoms with Crippen molar-refractivity contribution in [2.24, 2.45) is 17.8 Å². The number of amides is 2. The SMILES string of the molecule is COCCN1CC2C(=O)N(C)C3(CCN(C(=O)C4CC(O)C4)CC3)C2C1. The van der Waals surface area contributed by atoms with Crippen LogP contribution in [0.1, 0.15) is 25.7 Å². The van der Waals surface area contributed by atoms with Gasteiger partial charge in [-0.1, -0.05) is 0 Å². The summed E-state index contributed by atoms with van der Waals surface area (Å²) in [5, 5.41) is 9.46. The normalized spacial score (nSPS) is 36.5. The van der Waals surface area contributed by atoms with Gasteiger partial charge in [-0.3, -0.25) is 14.5 Å². The quantitative estimate of drug-likeness (QED) is 0.746. The molecule has 7 nitrogen and oxygen atoms in total. The van der Waals surface area contributed by atoms with Crippen molar-refractivity contribution in [3.05, 3.63) is 0 Å². The van der Waals surface area contributed by atoms with Gasteiger partial charge in [-0.05, 0) is 25.7 Å². The first-order valence-corrected chi connectivity index (χ1v) is 9.92. The highest BCUT2D eigenvalue weighted by Gasteiger charge is 2.60. The number of hydrogen-bond donors (Lipinski definition) is 1. The van der Waals surface area contributed by atoms with E-state index in [0.29, 0.717) is 25.4 Å². The number of methoxy groups -OCH3 is 1. The molecular formula is C19H31N3O4. The van der Waals surface area contributed by atoms with Crippen LogP contribution in [0.3, 0.4) is 0 Å². The van der Waals surface area contributed by atoms with E-state index in [1.807, 2.05) is 16.8 Å². The number of carbonyl (C=O) groups excluding carboxylic acids is 2. The Morgan fingerprint density at radius 3 is 2.58 bits per heavy atom. The molecule has 4 aliphatic rings. The topological polar surface area (TPSA) is 73.3 Å². The Morgan fingerprint density at radius 1 is 1.27 bits per heavy atom. The number of likely N-dealkylation sites (tertiary alicyclic amines) is 3. The highest BCUT2D eigenvalue weighted by Crippen LogP contribution is 2.49. The summed E-state index contributed by atoms with van der Waals surface area (Å²) in [6.45, 7) is 4.82. The minimum absolute atomic E-state index is 0.00533. The molecule has 0 bridgehead atoms. The van der Waals surface area contributed by atoms with E-state index in [4.69, 9.17) is 4.74 Å². The van der Waals surface area contributed by atoms with Crippen LogP contribution in [0.25, 0.3) is 0 Å². The maximum Gasteiger partial charge on any atom is 0.227 e. The van der Waals surface area contributed by atoms with Gasteiger partial charge in [0.05, 0.1) is 24.2 Å². The lowest BCUT2D eigenvalue weighted by molar-refractivity contribution is -0.146. The molecule has 4 rings (SSSR count). The molecule has 3 heterocycles. The van der Waals surface area contributed by atoms with Gasteiger partial charge in [-0.15, -0.1) is 0 Å². The smallest absolute Gasteiger partial charge is 0.227 e. The van der Waals surface area contributed by atoms with Crippen molar-refractivity contribution in [1.82, 2.24) is 14.7 Å². The molecule has 146 valence electrons. The van der Waals surface area contributed by atoms with E-state index in [9.17, 15) is 14.7 Å². The molecule has 0 radical (unpaired) electrons. The van der Waals surface area contributed by atoms with E-state index in [1.54, 1.807) is 7.11 Å². The largest absolute Gasteiger partial charge is 0.393 e. The Bertz CT molecular complexity index is 569. The predicted octanol–water partition coefficient (Wildman–Crippen LogP) is -0.215. The highest BCUT2D eigenvalue weighted by molar-refractivity contribution is 5.84. The molecule has 0 aromatic heterocycles. The molecule has 0 aromatic carbocycles. The molecule has 0 aromatic rings. The Balaban J connectivity index is 1.42. The number of nitrogens with zero attached hydrogens (tertiary/aromatic N) is 3. The number of carbonyl (C=O) groups is 2. The van der Waals surface area contributed by atoms with Crippen molar-refractivity contribution in [1.29, 1.82) is 0 Å². The summed E-state index contributed by atoms with van der Waals surface area (Å²) in [4.78, 5) is 31.8. The third-order valence-electron chi connectivity index (χ3n) is 7.42. The fourth-order valence-electron chi connectivity index (χ4n) is 5.67. The Kier molecular flexibility index (Phi) is 4.73. The second-order valence-electron chi connectivity index (χ2n) is 8.61. The van der Waals surface area contributed by atoms with Crippen LogP contribution in [0.4, 0.5) is 0 Å². The van der Waals surface area contributed by atoms with Gasteiger partial charge in [0.15, 0.2) is 0 Å². The van der Waals surface area contributed by atoms with Crippen molar-refractivity contribution >= 4 is 11.8 Å². The first kappa shape index (κ1) is 18.2. The first-order chi connectivity index (χ1) is 12.5. The lowest BCUT2D eigenvalue weighted by Gasteiger charge is -2.48. The van der Waals surface area contributed by atoms with E-state index >= 15 is 0 Å². The summed E-state index contributed by atoms with van der Waals surface area (Å²) in [5.41, 5.74) is -0.0977. The van der Waals surface area contributed by atoms with Gasteiger partial charge < -0.3 is 19.6 Å². The Hall–Kier alpha value is -1.18. The predicted molar refractivity (Wildman–Crippen MR) is 95.3 cm³/mol. The van der Waals surface area contributed by atoms with E-state index < -0.39 is 0 Å². The zero-order chi connectivity index (χ0) is 18.5. The van der Waals surface area contributed by atoms with Gasteiger partial charge in [0.25, 0.3) is 0 Å². The van der Waals surface area contributed by atoms with Crippen LogP contribution in [0.2, 0.25) is 0 Å². The number of ether oxygens (including phenoxy) is 1. The van der Waals surface area contributed by atoms with Crippen LogP contribution in [0.5, 0.6) is 0 Å². The molecule has 3 saturated heterocycles. The summed E-state index contributed by atoms with van der Waals surface area (Å²) < 4.78 is 5.20. The molecule has 7 heteroatoms. The number of piperidine rings is 1. The van der Waals surface area contributed by atoms with Crippen LogP contribution in [-0.2, 0) is 14.3 Å². The number of aliphatic hydroxyl groups is 1. The zero-order valence-corrected chi connectivity index (χ0v) is 15.9. The number of hydrogen-bond acceptors (Lipinski definition) is 5. The lowest BCUT2D eigenvalue weighted by Crippen LogP contribution is -2.58. The molecular weight excluding hydrogens is 334 g/mol. The summed E-state index contributed by atoms with van der Waals surface area (Å²) in [7, 11) is 3.67. The molecule has 2 amide bonds.